The number of sulfonamides is 1. The first-order valence-corrected chi connectivity index (χ1v) is 10.1. The van der Waals surface area contributed by atoms with E-state index in [2.05, 4.69) is 10.0 Å². The topological polar surface area (TPSA) is 118 Å². The highest BCUT2D eigenvalue weighted by atomic mass is 32.2. The first kappa shape index (κ1) is 20.7. The smallest absolute Gasteiger partial charge is 0.259 e. The maximum absolute atomic E-state index is 13.6. The molecule has 1 amide bonds. The summed E-state index contributed by atoms with van der Waals surface area (Å²) in [6.45, 7) is 0.755. The van der Waals surface area contributed by atoms with Crippen LogP contribution in [0.3, 0.4) is 0 Å². The Morgan fingerprint density at radius 2 is 2.10 bits per heavy atom. The van der Waals surface area contributed by atoms with Crippen molar-refractivity contribution in [1.29, 1.82) is 5.26 Å². The van der Waals surface area contributed by atoms with E-state index in [0.717, 1.165) is 12.1 Å². The third-order valence-electron chi connectivity index (χ3n) is 4.26. The van der Waals surface area contributed by atoms with Gasteiger partial charge in [-0.2, -0.15) is 5.26 Å². The first-order valence-electron chi connectivity index (χ1n) is 8.62. The Hall–Kier alpha value is -3.00. The molecule has 1 atom stereocenters. The van der Waals surface area contributed by atoms with Crippen LogP contribution in [0.5, 0.6) is 5.75 Å². The highest BCUT2D eigenvalue weighted by Crippen LogP contribution is 2.25. The maximum atomic E-state index is 13.6. The van der Waals surface area contributed by atoms with E-state index < -0.39 is 21.7 Å². The van der Waals surface area contributed by atoms with Gasteiger partial charge in [-0.3, -0.25) is 4.79 Å². The van der Waals surface area contributed by atoms with Gasteiger partial charge in [0.05, 0.1) is 35.8 Å². The quantitative estimate of drug-likeness (QED) is 0.740. The molecule has 1 fully saturated rings. The van der Waals surface area contributed by atoms with E-state index in [-0.39, 0.29) is 40.1 Å². The van der Waals surface area contributed by atoms with Crippen molar-refractivity contribution in [1.82, 2.24) is 4.72 Å². The molecule has 29 heavy (non-hydrogen) atoms. The molecule has 10 heteroatoms. The van der Waals surface area contributed by atoms with Crippen molar-refractivity contribution < 1.29 is 27.1 Å². The van der Waals surface area contributed by atoms with Gasteiger partial charge in [-0.05, 0) is 42.8 Å². The van der Waals surface area contributed by atoms with E-state index in [1.165, 1.54) is 31.4 Å². The van der Waals surface area contributed by atoms with E-state index in [1.54, 1.807) is 6.07 Å². The van der Waals surface area contributed by atoms with E-state index in [1.807, 2.05) is 0 Å². The summed E-state index contributed by atoms with van der Waals surface area (Å²) in [5.41, 5.74) is 0.0375. The highest BCUT2D eigenvalue weighted by Gasteiger charge is 2.25. The predicted molar refractivity (Wildman–Crippen MR) is 102 cm³/mol. The molecule has 2 N–H and O–H groups in total. The number of rotatable bonds is 6. The summed E-state index contributed by atoms with van der Waals surface area (Å²) in [7, 11) is -2.55. The van der Waals surface area contributed by atoms with E-state index in [9.17, 15) is 17.6 Å². The number of benzene rings is 2. The van der Waals surface area contributed by atoms with Gasteiger partial charge in [0, 0.05) is 18.3 Å². The van der Waals surface area contributed by atoms with Crippen LogP contribution in [0.1, 0.15) is 22.3 Å². The zero-order valence-electron chi connectivity index (χ0n) is 15.4. The number of anilines is 1. The first-order chi connectivity index (χ1) is 13.8. The van der Waals surface area contributed by atoms with Crippen LogP contribution in [-0.2, 0) is 14.8 Å². The van der Waals surface area contributed by atoms with Crippen LogP contribution >= 0.6 is 0 Å². The van der Waals surface area contributed by atoms with Crippen molar-refractivity contribution in [3.8, 4) is 11.8 Å². The lowest BCUT2D eigenvalue weighted by Gasteiger charge is -2.14. The Labute approximate surface area is 167 Å². The second-order valence-electron chi connectivity index (χ2n) is 6.34. The molecule has 3 rings (SSSR count). The minimum atomic E-state index is -3.88. The molecule has 0 bridgehead atoms. The largest absolute Gasteiger partial charge is 0.496 e. The summed E-state index contributed by atoms with van der Waals surface area (Å²) in [4.78, 5) is 12.6. The highest BCUT2D eigenvalue weighted by molar-refractivity contribution is 7.89. The molecular weight excluding hydrogens is 401 g/mol. The van der Waals surface area contributed by atoms with Crippen molar-refractivity contribution in [2.24, 2.45) is 0 Å². The molecule has 0 spiro atoms. The second kappa shape index (κ2) is 8.57. The summed E-state index contributed by atoms with van der Waals surface area (Å²) >= 11 is 0. The van der Waals surface area contributed by atoms with Gasteiger partial charge in [-0.1, -0.05) is 0 Å². The summed E-state index contributed by atoms with van der Waals surface area (Å²) in [6, 6.07) is 8.70. The molecule has 1 unspecified atom stereocenters. The second-order valence-corrected chi connectivity index (χ2v) is 8.05. The number of hydrogen-bond donors (Lipinski definition) is 2. The molecule has 1 saturated heterocycles. The molecule has 0 aromatic heterocycles. The van der Waals surface area contributed by atoms with E-state index in [0.29, 0.717) is 13.0 Å². The summed E-state index contributed by atoms with van der Waals surface area (Å²) in [5.74, 6) is -1.26. The van der Waals surface area contributed by atoms with Crippen molar-refractivity contribution >= 4 is 21.6 Å². The molecule has 2 aromatic carbocycles. The summed E-state index contributed by atoms with van der Waals surface area (Å²) < 4.78 is 51.7. The van der Waals surface area contributed by atoms with Gasteiger partial charge < -0.3 is 14.8 Å². The van der Waals surface area contributed by atoms with Crippen LogP contribution in [0.2, 0.25) is 0 Å². The van der Waals surface area contributed by atoms with Gasteiger partial charge in [0.1, 0.15) is 11.6 Å². The Kier molecular flexibility index (Phi) is 6.12. The fraction of sp³-hybridized carbons (Fsp3) is 0.263. The molecule has 0 aliphatic carbocycles. The molecule has 0 saturated carbocycles. The number of carbonyl (C=O) groups excluding carboxylic acids is 1. The van der Waals surface area contributed by atoms with Gasteiger partial charge in [-0.15, -0.1) is 0 Å². The van der Waals surface area contributed by atoms with Crippen molar-refractivity contribution in [3.05, 3.63) is 53.3 Å². The molecular formula is C19H18FN3O5S. The average molecular weight is 419 g/mol. The van der Waals surface area contributed by atoms with Crippen LogP contribution in [0.25, 0.3) is 0 Å². The third-order valence-corrected chi connectivity index (χ3v) is 5.78. The Bertz CT molecular complexity index is 1080. The zero-order valence-corrected chi connectivity index (χ0v) is 16.3. The predicted octanol–water partition coefficient (Wildman–Crippen LogP) is 2.03. The molecule has 0 radical (unpaired) electrons. The lowest BCUT2D eigenvalue weighted by Crippen LogP contribution is -2.35. The Balaban J connectivity index is 1.89. The fourth-order valence-electron chi connectivity index (χ4n) is 2.87. The molecule has 1 aliphatic rings. The number of amides is 1. The van der Waals surface area contributed by atoms with Crippen molar-refractivity contribution in [3.63, 3.8) is 0 Å². The van der Waals surface area contributed by atoms with Crippen LogP contribution < -0.4 is 14.8 Å². The minimum Gasteiger partial charge on any atom is -0.496 e. The van der Waals surface area contributed by atoms with Crippen molar-refractivity contribution in [2.45, 2.75) is 17.4 Å². The van der Waals surface area contributed by atoms with Gasteiger partial charge in [-0.25, -0.2) is 17.5 Å². The lowest BCUT2D eigenvalue weighted by atomic mass is 10.1. The number of ether oxygens (including phenoxy) is 2. The van der Waals surface area contributed by atoms with Crippen LogP contribution in [-0.4, -0.2) is 40.7 Å². The molecule has 1 heterocycles. The van der Waals surface area contributed by atoms with Gasteiger partial charge in [0.15, 0.2) is 0 Å². The lowest BCUT2D eigenvalue weighted by molar-refractivity contribution is 0.102. The number of nitrogens with zero attached hydrogens (tertiary/aromatic N) is 1. The number of nitriles is 1. The van der Waals surface area contributed by atoms with Gasteiger partial charge in [0.25, 0.3) is 5.91 Å². The molecule has 152 valence electrons. The third kappa shape index (κ3) is 4.89. The molecule has 1 aliphatic heterocycles. The van der Waals surface area contributed by atoms with E-state index >= 15 is 0 Å². The van der Waals surface area contributed by atoms with Crippen LogP contribution in [0.4, 0.5) is 10.1 Å². The maximum Gasteiger partial charge on any atom is 0.259 e. The van der Waals surface area contributed by atoms with Crippen molar-refractivity contribution in [2.75, 3.05) is 25.6 Å². The summed E-state index contributed by atoms with van der Waals surface area (Å²) in [6.07, 6.45) is 0.559. The van der Waals surface area contributed by atoms with Crippen LogP contribution in [0.15, 0.2) is 41.3 Å². The van der Waals surface area contributed by atoms with Gasteiger partial charge >= 0.3 is 0 Å². The monoisotopic (exact) mass is 419 g/mol. The fourth-order valence-corrected chi connectivity index (χ4v) is 4.15. The molecule has 8 nitrogen and oxygen atoms in total. The Morgan fingerprint density at radius 3 is 2.76 bits per heavy atom. The summed E-state index contributed by atoms with van der Waals surface area (Å²) in [5, 5.41) is 11.4. The zero-order chi connectivity index (χ0) is 21.0. The number of hydrogen-bond acceptors (Lipinski definition) is 6. The minimum absolute atomic E-state index is 0.0339. The Morgan fingerprint density at radius 1 is 1.31 bits per heavy atom. The number of methoxy groups -OCH3 is 1. The number of nitrogens with one attached hydrogen (secondary N) is 2. The van der Waals surface area contributed by atoms with Crippen LogP contribution in [0, 0.1) is 17.1 Å². The number of halogens is 1. The SMILES string of the molecule is COc1ccc(S(=O)(=O)NC2CCOC2)cc1C(=O)Nc1cc(F)cc(C#N)c1. The molecule has 2 aromatic rings. The number of carbonyl (C=O) groups is 1. The standard InChI is InChI=1S/C19H18FN3O5S/c1-27-18-3-2-16(29(25,26)23-14-4-5-28-11-14)9-17(18)19(24)22-15-7-12(10-21)6-13(20)8-15/h2-3,6-9,14,23H,4-5,11H2,1H3,(H,22,24). The average Bonchev–Trinajstić information content (AvgIpc) is 3.19. The van der Waals surface area contributed by atoms with E-state index in [4.69, 9.17) is 14.7 Å². The van der Waals surface area contributed by atoms with Gasteiger partial charge in [0.2, 0.25) is 10.0 Å². The normalized spacial score (nSPS) is 16.2.